The summed E-state index contributed by atoms with van der Waals surface area (Å²) < 4.78 is 0.410. The minimum absolute atomic E-state index is 0.00116. The SMILES string of the molecule is CC(=O)c1cnc(=S)[nH]c1C. The van der Waals surface area contributed by atoms with Gasteiger partial charge in [0.25, 0.3) is 0 Å². The number of hydrogen-bond acceptors (Lipinski definition) is 3. The molecule has 0 saturated carbocycles. The lowest BCUT2D eigenvalue weighted by Crippen LogP contribution is -1.99. The second-order valence-corrected chi connectivity index (χ2v) is 2.67. The number of nitrogens with one attached hydrogen (secondary N) is 1. The molecule has 0 unspecified atom stereocenters. The molecular weight excluding hydrogens is 160 g/mol. The van der Waals surface area contributed by atoms with Crippen molar-refractivity contribution in [2.45, 2.75) is 13.8 Å². The fourth-order valence-electron chi connectivity index (χ4n) is 0.835. The van der Waals surface area contributed by atoms with Crippen LogP contribution in [-0.2, 0) is 0 Å². The molecule has 0 fully saturated rings. The van der Waals surface area contributed by atoms with E-state index in [1.807, 2.05) is 0 Å². The Morgan fingerprint density at radius 3 is 2.82 bits per heavy atom. The van der Waals surface area contributed by atoms with Gasteiger partial charge >= 0.3 is 0 Å². The van der Waals surface area contributed by atoms with Gasteiger partial charge in [-0.2, -0.15) is 0 Å². The number of Topliss-reactive ketones (excluding diaryl/α,β-unsaturated/α-hetero) is 1. The molecule has 0 aliphatic carbocycles. The highest BCUT2D eigenvalue weighted by Crippen LogP contribution is 2.02. The van der Waals surface area contributed by atoms with E-state index >= 15 is 0 Å². The molecule has 0 saturated heterocycles. The molecular formula is C7H8N2OS. The number of rotatable bonds is 1. The number of aromatic amines is 1. The Bertz CT molecular complexity index is 343. The number of aryl methyl sites for hydroxylation is 1. The molecule has 0 spiro atoms. The summed E-state index contributed by atoms with van der Waals surface area (Å²) in [6.07, 6.45) is 1.50. The highest BCUT2D eigenvalue weighted by Gasteiger charge is 2.02. The number of ketones is 1. The van der Waals surface area contributed by atoms with Gasteiger partial charge in [0.05, 0.1) is 5.56 Å². The van der Waals surface area contributed by atoms with Crippen LogP contribution in [0.4, 0.5) is 0 Å². The number of H-pyrrole nitrogens is 1. The van der Waals surface area contributed by atoms with Crippen molar-refractivity contribution in [2.75, 3.05) is 0 Å². The zero-order valence-electron chi connectivity index (χ0n) is 6.34. The normalized spacial score (nSPS) is 9.64. The highest BCUT2D eigenvalue weighted by atomic mass is 32.1. The van der Waals surface area contributed by atoms with Crippen molar-refractivity contribution in [3.05, 3.63) is 22.2 Å². The second-order valence-electron chi connectivity index (χ2n) is 2.28. The summed E-state index contributed by atoms with van der Waals surface area (Å²) in [6.45, 7) is 3.30. The maximum Gasteiger partial charge on any atom is 0.196 e. The zero-order valence-corrected chi connectivity index (χ0v) is 7.16. The minimum atomic E-state index is 0.00116. The van der Waals surface area contributed by atoms with Gasteiger partial charge in [-0.1, -0.05) is 0 Å². The average Bonchev–Trinajstić information content (AvgIpc) is 1.85. The summed E-state index contributed by atoms with van der Waals surface area (Å²) in [5, 5.41) is 0. The van der Waals surface area contributed by atoms with Gasteiger partial charge in [-0.05, 0) is 26.1 Å². The van der Waals surface area contributed by atoms with Gasteiger partial charge in [0, 0.05) is 11.9 Å². The molecule has 0 aliphatic heterocycles. The largest absolute Gasteiger partial charge is 0.334 e. The highest BCUT2D eigenvalue weighted by molar-refractivity contribution is 7.71. The Morgan fingerprint density at radius 2 is 2.36 bits per heavy atom. The van der Waals surface area contributed by atoms with Crippen LogP contribution in [0.3, 0.4) is 0 Å². The van der Waals surface area contributed by atoms with Crippen molar-refractivity contribution in [3.63, 3.8) is 0 Å². The first-order valence-corrected chi connectivity index (χ1v) is 3.59. The van der Waals surface area contributed by atoms with Crippen molar-refractivity contribution < 1.29 is 4.79 Å². The van der Waals surface area contributed by atoms with Crippen LogP contribution in [0.1, 0.15) is 23.0 Å². The van der Waals surface area contributed by atoms with Crippen LogP contribution in [0.5, 0.6) is 0 Å². The van der Waals surface area contributed by atoms with E-state index in [9.17, 15) is 4.79 Å². The van der Waals surface area contributed by atoms with E-state index in [-0.39, 0.29) is 5.78 Å². The van der Waals surface area contributed by atoms with Gasteiger partial charge < -0.3 is 4.98 Å². The van der Waals surface area contributed by atoms with E-state index in [0.29, 0.717) is 10.3 Å². The van der Waals surface area contributed by atoms with Crippen LogP contribution in [0, 0.1) is 11.7 Å². The van der Waals surface area contributed by atoms with Crippen LogP contribution in [0.15, 0.2) is 6.20 Å². The quantitative estimate of drug-likeness (QED) is 0.512. The Labute approximate surface area is 69.5 Å². The van der Waals surface area contributed by atoms with Gasteiger partial charge in [0.2, 0.25) is 0 Å². The number of hydrogen-bond donors (Lipinski definition) is 1. The molecule has 11 heavy (non-hydrogen) atoms. The fourth-order valence-corrected chi connectivity index (χ4v) is 1.04. The summed E-state index contributed by atoms with van der Waals surface area (Å²) in [6, 6.07) is 0. The topological polar surface area (TPSA) is 45.8 Å². The first kappa shape index (κ1) is 8.07. The molecule has 1 heterocycles. The maximum atomic E-state index is 10.9. The molecule has 1 N–H and O–H groups in total. The van der Waals surface area contributed by atoms with Crippen LogP contribution < -0.4 is 0 Å². The van der Waals surface area contributed by atoms with E-state index in [4.69, 9.17) is 12.2 Å². The summed E-state index contributed by atoms with van der Waals surface area (Å²) >= 11 is 4.77. The molecule has 0 aliphatic rings. The lowest BCUT2D eigenvalue weighted by Gasteiger charge is -1.98. The van der Waals surface area contributed by atoms with Crippen molar-refractivity contribution in [1.29, 1.82) is 0 Å². The van der Waals surface area contributed by atoms with E-state index in [2.05, 4.69) is 9.97 Å². The van der Waals surface area contributed by atoms with E-state index < -0.39 is 0 Å². The predicted octanol–water partition coefficient (Wildman–Crippen LogP) is 1.65. The van der Waals surface area contributed by atoms with Crippen LogP contribution in [-0.4, -0.2) is 15.8 Å². The molecule has 0 bridgehead atoms. The molecule has 0 radical (unpaired) electrons. The van der Waals surface area contributed by atoms with Gasteiger partial charge in [-0.3, -0.25) is 4.79 Å². The van der Waals surface area contributed by atoms with Crippen LogP contribution in [0.25, 0.3) is 0 Å². The Kier molecular flexibility index (Phi) is 2.14. The zero-order chi connectivity index (χ0) is 8.43. The van der Waals surface area contributed by atoms with Gasteiger partial charge in [0.15, 0.2) is 10.6 Å². The number of nitrogens with zero attached hydrogens (tertiary/aromatic N) is 1. The van der Waals surface area contributed by atoms with Crippen LogP contribution in [0.2, 0.25) is 0 Å². The summed E-state index contributed by atoms with van der Waals surface area (Å²) in [5.74, 6) is 0.00116. The third-order valence-electron chi connectivity index (χ3n) is 1.39. The van der Waals surface area contributed by atoms with E-state index in [0.717, 1.165) is 5.69 Å². The smallest absolute Gasteiger partial charge is 0.196 e. The van der Waals surface area contributed by atoms with Crippen molar-refractivity contribution in [3.8, 4) is 0 Å². The maximum absolute atomic E-state index is 10.9. The summed E-state index contributed by atoms with van der Waals surface area (Å²) in [7, 11) is 0. The lowest BCUT2D eigenvalue weighted by atomic mass is 10.2. The molecule has 1 rings (SSSR count). The Morgan fingerprint density at radius 1 is 1.73 bits per heavy atom. The first-order chi connectivity index (χ1) is 5.11. The van der Waals surface area contributed by atoms with Crippen molar-refractivity contribution >= 4 is 18.0 Å². The molecule has 58 valence electrons. The van der Waals surface area contributed by atoms with Crippen molar-refractivity contribution in [2.24, 2.45) is 0 Å². The minimum Gasteiger partial charge on any atom is -0.334 e. The average molecular weight is 168 g/mol. The number of aromatic nitrogens is 2. The summed E-state index contributed by atoms with van der Waals surface area (Å²) in [5.41, 5.74) is 1.37. The molecule has 1 aromatic rings. The molecule has 4 heteroatoms. The molecule has 0 aromatic carbocycles. The first-order valence-electron chi connectivity index (χ1n) is 3.18. The standard InChI is InChI=1S/C7H8N2OS/c1-4-6(5(2)10)3-8-7(11)9-4/h3H,1-2H3,(H,8,9,11). The summed E-state index contributed by atoms with van der Waals surface area (Å²) in [4.78, 5) is 17.5. The van der Waals surface area contributed by atoms with E-state index in [1.165, 1.54) is 13.1 Å². The Balaban J connectivity index is 3.31. The third-order valence-corrected chi connectivity index (χ3v) is 1.60. The third kappa shape index (κ3) is 1.71. The molecule has 0 amide bonds. The lowest BCUT2D eigenvalue weighted by molar-refractivity contribution is 0.101. The molecule has 1 aromatic heterocycles. The predicted molar refractivity (Wildman–Crippen MR) is 44.2 cm³/mol. The van der Waals surface area contributed by atoms with Gasteiger partial charge in [-0.15, -0.1) is 0 Å². The van der Waals surface area contributed by atoms with Crippen molar-refractivity contribution in [1.82, 2.24) is 9.97 Å². The van der Waals surface area contributed by atoms with E-state index in [1.54, 1.807) is 6.92 Å². The number of carbonyl (C=O) groups excluding carboxylic acids is 1. The molecule has 3 nitrogen and oxygen atoms in total. The number of carbonyl (C=O) groups is 1. The molecule has 0 atom stereocenters. The second kappa shape index (κ2) is 2.92. The van der Waals surface area contributed by atoms with Gasteiger partial charge in [-0.25, -0.2) is 4.98 Å². The fraction of sp³-hybridized carbons (Fsp3) is 0.286. The van der Waals surface area contributed by atoms with Crippen LogP contribution >= 0.6 is 12.2 Å². The monoisotopic (exact) mass is 168 g/mol. The Hall–Kier alpha value is -1.03. The van der Waals surface area contributed by atoms with Gasteiger partial charge in [0.1, 0.15) is 0 Å².